The van der Waals surface area contributed by atoms with Crippen LogP contribution in [-0.4, -0.2) is 12.2 Å². The van der Waals surface area contributed by atoms with Crippen molar-refractivity contribution in [3.05, 3.63) is 82.6 Å². The summed E-state index contributed by atoms with van der Waals surface area (Å²) in [6.07, 6.45) is 4.58. The molecule has 0 spiro atoms. The highest BCUT2D eigenvalue weighted by Crippen LogP contribution is 2.07. The van der Waals surface area contributed by atoms with Gasteiger partial charge in [0, 0.05) is 0 Å². The van der Waals surface area contributed by atoms with Crippen molar-refractivity contribution in [1.82, 2.24) is 0 Å². The van der Waals surface area contributed by atoms with Crippen molar-refractivity contribution in [2.45, 2.75) is 19.3 Å². The number of aryl methyl sites for hydroxylation is 2. The molecule has 21 heavy (non-hydrogen) atoms. The summed E-state index contributed by atoms with van der Waals surface area (Å²) in [4.78, 5) is 16.5. The van der Waals surface area contributed by atoms with Crippen LogP contribution in [0.15, 0.2) is 60.7 Å². The molecular weight excluding hydrogens is 264 g/mol. The lowest BCUT2D eigenvalue weighted by molar-refractivity contribution is 0.568. The van der Waals surface area contributed by atoms with Crippen molar-refractivity contribution >= 4 is 12.2 Å². The molecule has 4 nitrogen and oxygen atoms in total. The predicted octanol–water partition coefficient (Wildman–Crippen LogP) is 3.65. The van der Waals surface area contributed by atoms with Crippen LogP contribution in [-0.2, 0) is 22.4 Å². The number of isocyanates is 2. The summed E-state index contributed by atoms with van der Waals surface area (Å²) in [6.45, 7) is 0. The summed E-state index contributed by atoms with van der Waals surface area (Å²) >= 11 is 0. The fourth-order valence-electron chi connectivity index (χ4n) is 1.79. The van der Waals surface area contributed by atoms with Crippen LogP contribution in [0, 0.1) is 0 Å². The Hall–Kier alpha value is -2.80. The first-order chi connectivity index (χ1) is 10.3. The quantitative estimate of drug-likeness (QED) is 0.633. The zero-order chi connectivity index (χ0) is 15.8. The summed E-state index contributed by atoms with van der Waals surface area (Å²) in [5, 5.41) is 13.5. The van der Waals surface area contributed by atoms with E-state index in [0.717, 1.165) is 0 Å². The molecule has 0 saturated carbocycles. The summed E-state index contributed by atoms with van der Waals surface area (Å²) in [7, 11) is 0. The standard InChI is InChI=1S/C15H16.2CNO/c1-3-8-14(9-4-1)12-7-13-15-10-5-2-6-11-15;2*2-1-3/h1-6,8-11H,7,12-13H2;;/q;2*-1. The van der Waals surface area contributed by atoms with Gasteiger partial charge in [0.25, 0.3) is 0 Å². The van der Waals surface area contributed by atoms with Gasteiger partial charge in [-0.2, -0.15) is 0 Å². The third-order valence-electron chi connectivity index (χ3n) is 2.62. The van der Waals surface area contributed by atoms with E-state index in [-0.39, 0.29) is 0 Å². The topological polar surface area (TPSA) is 78.7 Å². The molecule has 0 radical (unpaired) electrons. The van der Waals surface area contributed by atoms with Crippen LogP contribution in [0.2, 0.25) is 0 Å². The van der Waals surface area contributed by atoms with Crippen LogP contribution >= 0.6 is 0 Å². The van der Waals surface area contributed by atoms with E-state index >= 15 is 0 Å². The fraction of sp³-hybridized carbons (Fsp3) is 0.176. The third-order valence-corrected chi connectivity index (χ3v) is 2.62. The third kappa shape index (κ3) is 10.8. The minimum Gasteiger partial charge on any atom is -0.724 e. The zero-order valence-corrected chi connectivity index (χ0v) is 11.6. The highest BCUT2D eigenvalue weighted by atomic mass is 16.1. The van der Waals surface area contributed by atoms with Gasteiger partial charge in [-0.25, -0.2) is 0 Å². The molecule has 0 amide bonds. The van der Waals surface area contributed by atoms with Crippen molar-refractivity contribution in [2.75, 3.05) is 0 Å². The number of nitrogens with zero attached hydrogens (tertiary/aromatic N) is 2. The lowest BCUT2D eigenvalue weighted by atomic mass is 10.0. The minimum absolute atomic E-state index is 0.500. The van der Waals surface area contributed by atoms with Crippen molar-refractivity contribution in [2.24, 2.45) is 0 Å². The van der Waals surface area contributed by atoms with Gasteiger partial charge in [0.05, 0.1) is 0 Å². The average Bonchev–Trinajstić information content (AvgIpc) is 2.51. The molecule has 0 aliphatic carbocycles. The smallest absolute Gasteiger partial charge is 0.0159 e. The Bertz CT molecular complexity index is 490. The van der Waals surface area contributed by atoms with Gasteiger partial charge in [-0.15, -0.1) is 0 Å². The van der Waals surface area contributed by atoms with Crippen LogP contribution in [0.5, 0.6) is 0 Å². The van der Waals surface area contributed by atoms with Gasteiger partial charge < -0.3 is 10.8 Å². The monoisotopic (exact) mass is 280 g/mol. The molecule has 0 fully saturated rings. The number of hydrogen-bond acceptors (Lipinski definition) is 2. The molecular formula is C17H16N2O2-2. The first kappa shape index (κ1) is 18.2. The van der Waals surface area contributed by atoms with Gasteiger partial charge in [0.2, 0.25) is 0 Å². The van der Waals surface area contributed by atoms with Crippen LogP contribution in [0.3, 0.4) is 0 Å². The highest BCUT2D eigenvalue weighted by Gasteiger charge is 1.93. The van der Waals surface area contributed by atoms with E-state index in [1.807, 2.05) is 0 Å². The molecule has 0 atom stereocenters. The first-order valence-corrected chi connectivity index (χ1v) is 6.38. The van der Waals surface area contributed by atoms with E-state index in [4.69, 9.17) is 20.4 Å². The van der Waals surface area contributed by atoms with E-state index < -0.39 is 0 Å². The van der Waals surface area contributed by atoms with Crippen molar-refractivity contribution < 1.29 is 9.59 Å². The number of carbonyl (C=O) groups excluding carboxylic acids is 2. The molecule has 4 heteroatoms. The van der Waals surface area contributed by atoms with Crippen LogP contribution in [0.25, 0.3) is 10.8 Å². The van der Waals surface area contributed by atoms with E-state index in [1.165, 1.54) is 30.4 Å². The molecule has 2 aromatic rings. The molecule has 0 bridgehead atoms. The number of rotatable bonds is 4. The van der Waals surface area contributed by atoms with Crippen LogP contribution in [0.4, 0.5) is 0 Å². The molecule has 0 N–H and O–H groups in total. The van der Waals surface area contributed by atoms with E-state index in [9.17, 15) is 0 Å². The Kier molecular flexibility index (Phi) is 11.8. The summed E-state index contributed by atoms with van der Waals surface area (Å²) in [5.74, 6) is 0. The van der Waals surface area contributed by atoms with Crippen molar-refractivity contribution in [3.8, 4) is 0 Å². The molecule has 0 aliphatic rings. The fourth-order valence-corrected chi connectivity index (χ4v) is 1.79. The molecule has 0 saturated heterocycles. The second-order valence-electron chi connectivity index (χ2n) is 4.01. The SMILES string of the molecule is [N-]=C=O.[N-]=C=O.c1ccc(CCCc2ccccc2)cc1. The molecule has 108 valence electrons. The molecule has 0 aromatic heterocycles. The zero-order valence-electron chi connectivity index (χ0n) is 11.6. The van der Waals surface area contributed by atoms with E-state index in [2.05, 4.69) is 60.7 Å². The maximum Gasteiger partial charge on any atom is -0.0159 e. The molecule has 0 heterocycles. The Balaban J connectivity index is 0.000000578. The summed E-state index contributed by atoms with van der Waals surface area (Å²) in [6, 6.07) is 21.4. The van der Waals surface area contributed by atoms with Gasteiger partial charge >= 0.3 is 0 Å². The van der Waals surface area contributed by atoms with Gasteiger partial charge in [0.1, 0.15) is 0 Å². The van der Waals surface area contributed by atoms with Crippen LogP contribution in [0.1, 0.15) is 17.5 Å². The maximum atomic E-state index is 8.24. The average molecular weight is 280 g/mol. The van der Waals surface area contributed by atoms with Gasteiger partial charge in [-0.3, -0.25) is 9.59 Å². The van der Waals surface area contributed by atoms with Gasteiger partial charge in [-0.1, -0.05) is 60.7 Å². The summed E-state index contributed by atoms with van der Waals surface area (Å²) in [5.41, 5.74) is 2.88. The normalized spacial score (nSPS) is 8.00. The van der Waals surface area contributed by atoms with Crippen molar-refractivity contribution in [3.63, 3.8) is 0 Å². The minimum atomic E-state index is 0.500. The van der Waals surface area contributed by atoms with E-state index in [1.54, 1.807) is 0 Å². The molecule has 2 rings (SSSR count). The van der Waals surface area contributed by atoms with Gasteiger partial charge in [0.15, 0.2) is 0 Å². The predicted molar refractivity (Wildman–Crippen MR) is 83.0 cm³/mol. The number of hydrogen-bond donors (Lipinski definition) is 0. The Labute approximate surface area is 124 Å². The Morgan fingerprint density at radius 2 is 0.952 bits per heavy atom. The molecule has 2 aromatic carbocycles. The molecule has 0 aliphatic heterocycles. The second-order valence-corrected chi connectivity index (χ2v) is 4.01. The Morgan fingerprint density at radius 1 is 0.667 bits per heavy atom. The molecule has 0 unspecified atom stereocenters. The summed E-state index contributed by atoms with van der Waals surface area (Å²) < 4.78 is 0. The van der Waals surface area contributed by atoms with Crippen molar-refractivity contribution in [1.29, 1.82) is 0 Å². The van der Waals surface area contributed by atoms with E-state index in [0.29, 0.717) is 12.2 Å². The highest BCUT2D eigenvalue weighted by molar-refractivity contribution is 5.37. The largest absolute Gasteiger partial charge is 0.724 e. The van der Waals surface area contributed by atoms with Crippen LogP contribution < -0.4 is 0 Å². The lowest BCUT2D eigenvalue weighted by Crippen LogP contribution is -1.89. The maximum absolute atomic E-state index is 8.24. The number of benzene rings is 2. The van der Waals surface area contributed by atoms with Gasteiger partial charge in [-0.05, 0) is 42.5 Å². The second kappa shape index (κ2) is 13.6. The Morgan fingerprint density at radius 3 is 1.24 bits per heavy atom. The lowest BCUT2D eigenvalue weighted by Gasteiger charge is -2.01. The first-order valence-electron chi connectivity index (χ1n) is 6.38.